The normalized spacial score (nSPS) is 10.0. The Bertz CT molecular complexity index is 118. The van der Waals surface area contributed by atoms with Gasteiger partial charge in [-0.2, -0.15) is 5.26 Å². The van der Waals surface area contributed by atoms with E-state index in [1.54, 1.807) is 0 Å². The van der Waals surface area contributed by atoms with Crippen LogP contribution in [0.2, 0.25) is 6.04 Å². The van der Waals surface area contributed by atoms with Crippen molar-refractivity contribution in [2.75, 3.05) is 13.2 Å². The van der Waals surface area contributed by atoms with Gasteiger partial charge in [-0.15, -0.1) is 0 Å². The molecule has 0 aliphatic heterocycles. The van der Waals surface area contributed by atoms with Crippen LogP contribution in [-0.4, -0.2) is 22.5 Å². The molecule has 0 bridgehead atoms. The van der Waals surface area contributed by atoms with Crippen LogP contribution >= 0.6 is 0 Å². The van der Waals surface area contributed by atoms with Gasteiger partial charge in [-0.1, -0.05) is 0 Å². The highest BCUT2D eigenvalue weighted by Crippen LogP contribution is 2.00. The fraction of sp³-hybridized carbons (Fsp3) is 0.857. The van der Waals surface area contributed by atoms with E-state index in [9.17, 15) is 0 Å². The molecule has 0 heterocycles. The monoisotopic (exact) mass is 172 g/mol. The van der Waals surface area contributed by atoms with Crippen LogP contribution in [0.15, 0.2) is 0 Å². The van der Waals surface area contributed by atoms with E-state index >= 15 is 0 Å². The lowest BCUT2D eigenvalue weighted by molar-refractivity contribution is 0.214. The molecule has 0 aliphatic carbocycles. The third-order valence-corrected chi connectivity index (χ3v) is 2.93. The Hall–Kier alpha value is -0.373. The van der Waals surface area contributed by atoms with Crippen molar-refractivity contribution in [2.45, 2.75) is 26.3 Å². The molecule has 0 aliphatic rings. The molecule has 0 fully saturated rings. The summed E-state index contributed by atoms with van der Waals surface area (Å²) in [6, 6.07) is 2.85. The maximum absolute atomic E-state index is 8.31. The fourth-order valence-electron chi connectivity index (χ4n) is 0.666. The van der Waals surface area contributed by atoms with Crippen LogP contribution in [0.3, 0.4) is 0 Å². The zero-order valence-corrected chi connectivity index (χ0v) is 8.09. The van der Waals surface area contributed by atoms with Crippen LogP contribution in [0, 0.1) is 11.3 Å². The molecule has 0 atom stereocenters. The predicted octanol–water partition coefficient (Wildman–Crippen LogP) is 1.46. The van der Waals surface area contributed by atoms with Gasteiger partial charge < -0.3 is 8.85 Å². The number of hydrogen-bond donors (Lipinski definition) is 0. The lowest BCUT2D eigenvalue weighted by Gasteiger charge is -2.10. The van der Waals surface area contributed by atoms with Crippen molar-refractivity contribution < 1.29 is 8.85 Å². The summed E-state index contributed by atoms with van der Waals surface area (Å²) in [6.45, 7) is 5.24. The Morgan fingerprint density at radius 1 is 1.27 bits per heavy atom. The molecular weight excluding hydrogens is 158 g/mol. The van der Waals surface area contributed by atoms with Crippen molar-refractivity contribution in [1.29, 1.82) is 5.26 Å². The first kappa shape index (κ1) is 10.6. The third-order valence-electron chi connectivity index (χ3n) is 1.05. The molecule has 0 saturated heterocycles. The van der Waals surface area contributed by atoms with Crippen LogP contribution in [0.5, 0.6) is 0 Å². The summed E-state index contributed by atoms with van der Waals surface area (Å²) in [7, 11) is -1.13. The molecule has 4 heteroatoms. The second kappa shape index (κ2) is 7.73. The zero-order chi connectivity index (χ0) is 8.53. The molecule has 1 radical (unpaired) electrons. The Kier molecular flexibility index (Phi) is 7.47. The minimum absolute atomic E-state index is 0.536. The topological polar surface area (TPSA) is 42.2 Å². The first-order valence-electron chi connectivity index (χ1n) is 3.83. The smallest absolute Gasteiger partial charge is 0.385 e. The van der Waals surface area contributed by atoms with Crippen molar-refractivity contribution in [3.05, 3.63) is 0 Å². The van der Waals surface area contributed by atoms with Crippen molar-refractivity contribution in [3.63, 3.8) is 0 Å². The van der Waals surface area contributed by atoms with Crippen LogP contribution < -0.4 is 0 Å². The third kappa shape index (κ3) is 6.04. The van der Waals surface area contributed by atoms with Crippen LogP contribution in [0.25, 0.3) is 0 Å². The van der Waals surface area contributed by atoms with Gasteiger partial charge in [-0.05, 0) is 13.8 Å². The molecule has 0 aromatic carbocycles. The van der Waals surface area contributed by atoms with Gasteiger partial charge in [-0.3, -0.25) is 0 Å². The Morgan fingerprint density at radius 2 is 1.82 bits per heavy atom. The Morgan fingerprint density at radius 3 is 2.18 bits per heavy atom. The SMILES string of the molecule is CCO[Si](CCC#N)OCC. The first-order chi connectivity index (χ1) is 5.35. The predicted molar refractivity (Wildman–Crippen MR) is 44.0 cm³/mol. The van der Waals surface area contributed by atoms with E-state index in [1.807, 2.05) is 13.8 Å². The summed E-state index contributed by atoms with van der Waals surface area (Å²) >= 11 is 0. The van der Waals surface area contributed by atoms with Gasteiger partial charge in [-0.25, -0.2) is 0 Å². The summed E-state index contributed by atoms with van der Waals surface area (Å²) in [5.41, 5.74) is 0. The quantitative estimate of drug-likeness (QED) is 0.570. The maximum atomic E-state index is 8.31. The molecule has 63 valence electrons. The lowest BCUT2D eigenvalue weighted by Crippen LogP contribution is -2.22. The molecule has 0 saturated carbocycles. The summed E-state index contributed by atoms with van der Waals surface area (Å²) in [6.07, 6.45) is 0.536. The van der Waals surface area contributed by atoms with Gasteiger partial charge in [0.15, 0.2) is 0 Å². The lowest BCUT2D eigenvalue weighted by atomic mass is 10.6. The molecule has 0 N–H and O–H groups in total. The molecule has 0 amide bonds. The first-order valence-corrected chi connectivity index (χ1v) is 5.35. The van der Waals surface area contributed by atoms with Gasteiger partial charge >= 0.3 is 9.28 Å². The summed E-state index contributed by atoms with van der Waals surface area (Å²) in [4.78, 5) is 0. The van der Waals surface area contributed by atoms with Gasteiger partial charge in [0.25, 0.3) is 0 Å². The van der Waals surface area contributed by atoms with Gasteiger partial charge in [0.1, 0.15) is 0 Å². The molecule has 0 rings (SSSR count). The minimum Gasteiger partial charge on any atom is -0.394 e. The summed E-state index contributed by atoms with van der Waals surface area (Å²) in [5.74, 6) is 0. The van der Waals surface area contributed by atoms with Crippen molar-refractivity contribution in [1.82, 2.24) is 0 Å². The van der Waals surface area contributed by atoms with E-state index in [0.29, 0.717) is 19.6 Å². The maximum Gasteiger partial charge on any atom is 0.385 e. The van der Waals surface area contributed by atoms with Crippen molar-refractivity contribution in [2.24, 2.45) is 0 Å². The van der Waals surface area contributed by atoms with Crippen molar-refractivity contribution >= 4 is 9.28 Å². The van der Waals surface area contributed by atoms with E-state index in [0.717, 1.165) is 6.04 Å². The van der Waals surface area contributed by atoms with Crippen LogP contribution in [-0.2, 0) is 8.85 Å². The minimum atomic E-state index is -1.13. The van der Waals surface area contributed by atoms with Crippen LogP contribution in [0.1, 0.15) is 20.3 Å². The summed E-state index contributed by atoms with van der Waals surface area (Å²) in [5, 5.41) is 8.31. The van der Waals surface area contributed by atoms with Crippen LogP contribution in [0.4, 0.5) is 0 Å². The number of nitrogens with zero attached hydrogens (tertiary/aromatic N) is 1. The number of nitriles is 1. The van der Waals surface area contributed by atoms with Gasteiger partial charge in [0.2, 0.25) is 0 Å². The average Bonchev–Trinajstić information content (AvgIpc) is 2.01. The Balaban J connectivity index is 3.44. The highest BCUT2D eigenvalue weighted by Gasteiger charge is 2.12. The second-order valence-corrected chi connectivity index (χ2v) is 3.72. The van der Waals surface area contributed by atoms with E-state index < -0.39 is 9.28 Å². The molecule has 0 spiro atoms. The molecular formula is C7H14NO2Si. The largest absolute Gasteiger partial charge is 0.394 e. The molecule has 0 unspecified atom stereocenters. The Labute approximate surface area is 69.8 Å². The number of rotatable bonds is 6. The fourth-order valence-corrected chi connectivity index (χ4v) is 2.00. The van der Waals surface area contributed by atoms with Crippen molar-refractivity contribution in [3.8, 4) is 6.07 Å². The molecule has 0 aromatic rings. The zero-order valence-electron chi connectivity index (χ0n) is 7.09. The van der Waals surface area contributed by atoms with E-state index in [4.69, 9.17) is 14.1 Å². The van der Waals surface area contributed by atoms with E-state index in [1.165, 1.54) is 0 Å². The highest BCUT2D eigenvalue weighted by atomic mass is 28.3. The average molecular weight is 172 g/mol. The second-order valence-electron chi connectivity index (χ2n) is 1.90. The summed E-state index contributed by atoms with van der Waals surface area (Å²) < 4.78 is 10.6. The molecule has 11 heavy (non-hydrogen) atoms. The highest BCUT2D eigenvalue weighted by molar-refractivity contribution is 6.44. The standard InChI is InChI=1S/C7H14NO2Si/c1-3-9-11(10-4-2)7-5-6-8/h3-5,7H2,1-2H3. The van der Waals surface area contributed by atoms with E-state index in [-0.39, 0.29) is 0 Å². The van der Waals surface area contributed by atoms with E-state index in [2.05, 4.69) is 6.07 Å². The van der Waals surface area contributed by atoms with Gasteiger partial charge in [0.05, 0.1) is 6.07 Å². The van der Waals surface area contributed by atoms with Gasteiger partial charge in [0, 0.05) is 25.7 Å². The number of hydrogen-bond acceptors (Lipinski definition) is 3. The molecule has 3 nitrogen and oxygen atoms in total. The molecule has 0 aromatic heterocycles.